The number of carbonyl (C=O) groups excluding carboxylic acids is 1. The van der Waals surface area contributed by atoms with E-state index < -0.39 is 0 Å². The van der Waals surface area contributed by atoms with Crippen molar-refractivity contribution in [2.24, 2.45) is 0 Å². The van der Waals surface area contributed by atoms with Crippen molar-refractivity contribution in [3.8, 4) is 5.75 Å². The number of fused-ring (bicyclic) bond motifs is 1. The van der Waals surface area contributed by atoms with E-state index in [1.54, 1.807) is 6.20 Å². The van der Waals surface area contributed by atoms with Gasteiger partial charge >= 0.3 is 0 Å². The van der Waals surface area contributed by atoms with Crippen LogP contribution in [0.2, 0.25) is 0 Å². The van der Waals surface area contributed by atoms with E-state index in [1.807, 2.05) is 35.2 Å². The summed E-state index contributed by atoms with van der Waals surface area (Å²) in [6.45, 7) is 2.30. The van der Waals surface area contributed by atoms with Crippen molar-refractivity contribution in [2.45, 2.75) is 19.3 Å². The van der Waals surface area contributed by atoms with E-state index in [1.165, 1.54) is 0 Å². The van der Waals surface area contributed by atoms with Crippen molar-refractivity contribution < 1.29 is 9.53 Å². The van der Waals surface area contributed by atoms with Crippen LogP contribution in [-0.4, -0.2) is 35.5 Å². The molecule has 1 fully saturated rings. The molecule has 0 saturated carbocycles. The summed E-state index contributed by atoms with van der Waals surface area (Å²) in [5.74, 6) is 1.09. The Morgan fingerprint density at radius 2 is 2.15 bits per heavy atom. The number of amides is 1. The zero-order valence-electron chi connectivity index (χ0n) is 11.4. The van der Waals surface area contributed by atoms with E-state index in [0.717, 1.165) is 42.6 Å². The van der Waals surface area contributed by atoms with Gasteiger partial charge in [0, 0.05) is 31.1 Å². The highest BCUT2D eigenvalue weighted by atomic mass is 16.5. The van der Waals surface area contributed by atoms with Crippen LogP contribution in [0.3, 0.4) is 0 Å². The molecule has 2 heterocycles. The van der Waals surface area contributed by atoms with Crippen LogP contribution in [0.4, 0.5) is 0 Å². The zero-order chi connectivity index (χ0) is 13.8. The minimum atomic E-state index is 0.275. The first-order valence-electron chi connectivity index (χ1n) is 7.09. The minimum Gasteiger partial charge on any atom is -0.491 e. The summed E-state index contributed by atoms with van der Waals surface area (Å²) in [5.41, 5.74) is 0.896. The summed E-state index contributed by atoms with van der Waals surface area (Å²) in [7, 11) is 0. The van der Waals surface area contributed by atoms with Crippen molar-refractivity contribution >= 4 is 16.8 Å². The first-order valence-corrected chi connectivity index (χ1v) is 7.09. The van der Waals surface area contributed by atoms with Gasteiger partial charge in [-0.1, -0.05) is 18.2 Å². The molecule has 1 aromatic heterocycles. The van der Waals surface area contributed by atoms with Crippen LogP contribution < -0.4 is 4.74 Å². The van der Waals surface area contributed by atoms with E-state index in [4.69, 9.17) is 4.74 Å². The Morgan fingerprint density at radius 3 is 3.00 bits per heavy atom. The van der Waals surface area contributed by atoms with E-state index >= 15 is 0 Å². The van der Waals surface area contributed by atoms with Crippen molar-refractivity contribution in [1.29, 1.82) is 0 Å². The average molecular weight is 270 g/mol. The Hall–Kier alpha value is -2.10. The number of para-hydroxylation sites is 1. The first kappa shape index (κ1) is 12.9. The highest BCUT2D eigenvalue weighted by Crippen LogP contribution is 2.23. The Morgan fingerprint density at radius 1 is 1.25 bits per heavy atom. The lowest BCUT2D eigenvalue weighted by molar-refractivity contribution is -0.127. The van der Waals surface area contributed by atoms with Crippen molar-refractivity contribution in [3.63, 3.8) is 0 Å². The third-order valence-corrected chi connectivity index (χ3v) is 3.60. The van der Waals surface area contributed by atoms with E-state index in [-0.39, 0.29) is 5.91 Å². The molecule has 1 aliphatic heterocycles. The smallest absolute Gasteiger partial charge is 0.222 e. The maximum Gasteiger partial charge on any atom is 0.222 e. The first-order chi connectivity index (χ1) is 9.84. The van der Waals surface area contributed by atoms with Crippen LogP contribution in [0.5, 0.6) is 5.75 Å². The Bertz CT molecular complexity index is 607. The number of ether oxygens (including phenoxy) is 1. The normalized spacial score (nSPS) is 15.0. The van der Waals surface area contributed by atoms with Gasteiger partial charge in [-0.3, -0.25) is 9.78 Å². The largest absolute Gasteiger partial charge is 0.491 e. The number of pyridine rings is 1. The molecule has 0 N–H and O–H groups in total. The molecule has 1 amide bonds. The summed E-state index contributed by atoms with van der Waals surface area (Å²) in [5, 5.41) is 1.08. The molecule has 4 heteroatoms. The van der Waals surface area contributed by atoms with Gasteiger partial charge in [-0.15, -0.1) is 0 Å². The van der Waals surface area contributed by atoms with Crippen LogP contribution in [0.1, 0.15) is 19.3 Å². The third-order valence-electron chi connectivity index (χ3n) is 3.60. The van der Waals surface area contributed by atoms with Gasteiger partial charge in [0.05, 0.1) is 6.61 Å². The fourth-order valence-corrected chi connectivity index (χ4v) is 2.57. The topological polar surface area (TPSA) is 42.4 Å². The highest BCUT2D eigenvalue weighted by Gasteiger charge is 2.19. The standard InChI is InChI=1S/C16H18N2O2/c19-15-8-3-10-18(15)11-4-12-20-14-7-1-5-13-6-2-9-17-16(13)14/h1-2,5-7,9H,3-4,8,10-12H2. The highest BCUT2D eigenvalue weighted by molar-refractivity contribution is 5.84. The predicted molar refractivity (Wildman–Crippen MR) is 77.7 cm³/mol. The number of nitrogens with zero attached hydrogens (tertiary/aromatic N) is 2. The van der Waals surface area contributed by atoms with Gasteiger partial charge in [-0.25, -0.2) is 0 Å². The van der Waals surface area contributed by atoms with Gasteiger partial charge in [0.1, 0.15) is 11.3 Å². The Kier molecular flexibility index (Phi) is 3.81. The predicted octanol–water partition coefficient (Wildman–Crippen LogP) is 2.63. The Balaban J connectivity index is 1.56. The molecule has 0 unspecified atom stereocenters. The molecule has 104 valence electrons. The van der Waals surface area contributed by atoms with Crippen molar-refractivity contribution in [1.82, 2.24) is 9.88 Å². The fraction of sp³-hybridized carbons (Fsp3) is 0.375. The number of likely N-dealkylation sites (tertiary alicyclic amines) is 1. The maximum absolute atomic E-state index is 11.5. The van der Waals surface area contributed by atoms with Crippen LogP contribution >= 0.6 is 0 Å². The van der Waals surface area contributed by atoms with E-state index in [9.17, 15) is 4.79 Å². The number of aromatic nitrogens is 1. The quantitative estimate of drug-likeness (QED) is 0.784. The lowest BCUT2D eigenvalue weighted by Gasteiger charge is -2.15. The second kappa shape index (κ2) is 5.90. The fourth-order valence-electron chi connectivity index (χ4n) is 2.57. The Labute approximate surface area is 118 Å². The van der Waals surface area contributed by atoms with Crippen molar-refractivity contribution in [3.05, 3.63) is 36.5 Å². The molecule has 20 heavy (non-hydrogen) atoms. The summed E-state index contributed by atoms with van der Waals surface area (Å²) >= 11 is 0. The van der Waals surface area contributed by atoms with E-state index in [2.05, 4.69) is 4.98 Å². The van der Waals surface area contributed by atoms with Crippen LogP contribution in [-0.2, 0) is 4.79 Å². The monoisotopic (exact) mass is 270 g/mol. The molecule has 0 radical (unpaired) electrons. The van der Waals surface area contributed by atoms with Gasteiger partial charge in [0.15, 0.2) is 0 Å². The molecular weight excluding hydrogens is 252 g/mol. The number of benzene rings is 1. The maximum atomic E-state index is 11.5. The molecule has 1 aromatic carbocycles. The van der Waals surface area contributed by atoms with Gasteiger partial charge in [0.25, 0.3) is 0 Å². The van der Waals surface area contributed by atoms with Crippen LogP contribution in [0, 0.1) is 0 Å². The number of hydrogen-bond acceptors (Lipinski definition) is 3. The lowest BCUT2D eigenvalue weighted by atomic mass is 10.2. The summed E-state index contributed by atoms with van der Waals surface area (Å²) in [6.07, 6.45) is 4.33. The van der Waals surface area contributed by atoms with Gasteiger partial charge < -0.3 is 9.64 Å². The molecule has 0 aliphatic carbocycles. The zero-order valence-corrected chi connectivity index (χ0v) is 11.4. The summed E-state index contributed by atoms with van der Waals surface area (Å²) in [4.78, 5) is 17.8. The summed E-state index contributed by atoms with van der Waals surface area (Å²) in [6, 6.07) is 9.89. The van der Waals surface area contributed by atoms with Gasteiger partial charge in [0.2, 0.25) is 5.91 Å². The van der Waals surface area contributed by atoms with Crippen LogP contribution in [0.15, 0.2) is 36.5 Å². The minimum absolute atomic E-state index is 0.275. The molecular formula is C16H18N2O2. The number of hydrogen-bond donors (Lipinski definition) is 0. The molecule has 0 atom stereocenters. The molecule has 4 nitrogen and oxygen atoms in total. The molecule has 0 spiro atoms. The SMILES string of the molecule is O=C1CCCN1CCCOc1cccc2cccnc12. The molecule has 0 bridgehead atoms. The lowest BCUT2D eigenvalue weighted by Crippen LogP contribution is -2.26. The second-order valence-electron chi connectivity index (χ2n) is 5.02. The van der Waals surface area contributed by atoms with Crippen molar-refractivity contribution in [2.75, 3.05) is 19.7 Å². The second-order valence-corrected chi connectivity index (χ2v) is 5.02. The third kappa shape index (κ3) is 2.74. The molecule has 1 aliphatic rings. The molecule has 3 rings (SSSR count). The molecule has 1 saturated heterocycles. The number of rotatable bonds is 5. The summed E-state index contributed by atoms with van der Waals surface area (Å²) < 4.78 is 5.81. The molecule has 2 aromatic rings. The van der Waals surface area contributed by atoms with E-state index in [0.29, 0.717) is 13.0 Å². The van der Waals surface area contributed by atoms with Gasteiger partial charge in [-0.05, 0) is 25.0 Å². The number of carbonyl (C=O) groups is 1. The average Bonchev–Trinajstić information content (AvgIpc) is 2.89. The van der Waals surface area contributed by atoms with Gasteiger partial charge in [-0.2, -0.15) is 0 Å². The van der Waals surface area contributed by atoms with Crippen LogP contribution in [0.25, 0.3) is 10.9 Å².